The first-order chi connectivity index (χ1) is 13.0. The summed E-state index contributed by atoms with van der Waals surface area (Å²) in [6.07, 6.45) is 1.92. The Labute approximate surface area is 171 Å². The number of rotatable bonds is 0. The van der Waals surface area contributed by atoms with E-state index < -0.39 is 0 Å². The van der Waals surface area contributed by atoms with Gasteiger partial charge in [0, 0.05) is 17.3 Å². The molecule has 3 aromatic rings. The Hall–Kier alpha value is -2.53. The highest BCUT2D eigenvalue weighted by Crippen LogP contribution is 2.42. The van der Waals surface area contributed by atoms with Crippen molar-refractivity contribution >= 4 is 34.7 Å². The minimum absolute atomic E-state index is 0.244. The number of para-hydroxylation sites is 1. The fourth-order valence-electron chi connectivity index (χ4n) is 3.51. The van der Waals surface area contributed by atoms with Crippen molar-refractivity contribution in [1.82, 2.24) is 9.38 Å². The molecule has 1 aliphatic rings. The maximum absolute atomic E-state index is 6.35. The molecule has 0 unspecified atom stereocenters. The van der Waals surface area contributed by atoms with E-state index in [2.05, 4.69) is 68.3 Å². The highest BCUT2D eigenvalue weighted by molar-refractivity contribution is 6.30. The predicted molar refractivity (Wildman–Crippen MR) is 119 cm³/mol. The number of imidazole rings is 1. The normalized spacial score (nSPS) is 16.0. The Bertz CT molecular complexity index is 1080. The van der Waals surface area contributed by atoms with Crippen LogP contribution in [0, 0.1) is 0 Å². The smallest absolute Gasteiger partial charge is 0.205 e. The van der Waals surface area contributed by atoms with Gasteiger partial charge in [0.1, 0.15) is 17.2 Å². The van der Waals surface area contributed by atoms with Crippen molar-refractivity contribution in [3.8, 4) is 11.3 Å². The van der Waals surface area contributed by atoms with Crippen LogP contribution in [0.1, 0.15) is 41.5 Å². The van der Waals surface area contributed by atoms with Crippen LogP contribution in [-0.2, 0) is 0 Å². The van der Waals surface area contributed by atoms with Crippen LogP contribution in [0.2, 0.25) is 5.02 Å². The van der Waals surface area contributed by atoms with E-state index in [1.165, 1.54) is 0 Å². The van der Waals surface area contributed by atoms with Crippen LogP contribution in [-0.4, -0.2) is 26.4 Å². The minimum atomic E-state index is -0.247. The molecule has 0 amide bonds. The first-order valence-electron chi connectivity index (χ1n) is 9.49. The van der Waals surface area contributed by atoms with Crippen molar-refractivity contribution in [2.45, 2.75) is 52.6 Å². The van der Waals surface area contributed by atoms with Gasteiger partial charge >= 0.3 is 0 Å². The van der Waals surface area contributed by atoms with Gasteiger partial charge in [0.2, 0.25) is 5.96 Å². The Morgan fingerprint density at radius 3 is 2.39 bits per heavy atom. The molecule has 0 radical (unpaired) electrons. The van der Waals surface area contributed by atoms with Crippen molar-refractivity contribution in [3.63, 3.8) is 0 Å². The number of guanidine groups is 1. The molecular weight excluding hydrogens is 370 g/mol. The lowest BCUT2D eigenvalue weighted by molar-refractivity contribution is 0.546. The lowest BCUT2D eigenvalue weighted by Gasteiger charge is -2.38. The Morgan fingerprint density at radius 2 is 1.71 bits per heavy atom. The Morgan fingerprint density at radius 1 is 1.00 bits per heavy atom. The van der Waals surface area contributed by atoms with E-state index in [9.17, 15) is 0 Å². The predicted octanol–water partition coefficient (Wildman–Crippen LogP) is 5.84. The summed E-state index contributed by atoms with van der Waals surface area (Å²) in [6.45, 7) is 12.8. The molecule has 2 aromatic heterocycles. The molecule has 4 rings (SSSR count). The maximum atomic E-state index is 6.35. The summed E-state index contributed by atoms with van der Waals surface area (Å²) in [6, 6.07) is 12.1. The van der Waals surface area contributed by atoms with Crippen molar-refractivity contribution in [2.24, 2.45) is 4.99 Å². The molecule has 0 saturated heterocycles. The van der Waals surface area contributed by atoms with E-state index in [1.807, 2.05) is 30.5 Å². The van der Waals surface area contributed by atoms with Gasteiger partial charge in [-0.3, -0.25) is 9.30 Å². The van der Waals surface area contributed by atoms with Crippen LogP contribution in [0.4, 0.5) is 11.5 Å². The molecular formula is C22H26ClN5. The maximum Gasteiger partial charge on any atom is 0.205 e. The molecule has 5 nitrogen and oxygen atoms in total. The standard InChI is InChI=1S/C22H26ClN5/c1-21(2,3)26-20-24-16-10-8-7-9-15(16)18-19(28(20)22(4,5)6)27-13-14(23)11-12-17(27)25-18/h7-13H,1-6H3,(H,24,26). The molecule has 0 fully saturated rings. The summed E-state index contributed by atoms with van der Waals surface area (Å²) in [5.41, 5.74) is 3.32. The van der Waals surface area contributed by atoms with Crippen molar-refractivity contribution < 1.29 is 0 Å². The second-order valence-corrected chi connectivity index (χ2v) is 9.58. The number of hydrogen-bond acceptors (Lipinski definition) is 2. The van der Waals surface area contributed by atoms with Gasteiger partial charge in [-0.15, -0.1) is 0 Å². The number of aliphatic imine (C=N–C) groups is 1. The third-order valence-electron chi connectivity index (χ3n) is 4.52. The molecule has 1 aromatic carbocycles. The van der Waals surface area contributed by atoms with Crippen LogP contribution in [0.5, 0.6) is 0 Å². The molecule has 0 aliphatic carbocycles. The number of halogens is 1. The van der Waals surface area contributed by atoms with Gasteiger partial charge in [-0.1, -0.05) is 29.8 Å². The van der Waals surface area contributed by atoms with E-state index >= 15 is 0 Å². The fraction of sp³-hybridized carbons (Fsp3) is 0.364. The summed E-state index contributed by atoms with van der Waals surface area (Å²) in [5.74, 6) is 1.76. The lowest BCUT2D eigenvalue weighted by Crippen LogP contribution is -2.50. The summed E-state index contributed by atoms with van der Waals surface area (Å²) in [4.78, 5) is 12.2. The zero-order valence-corrected chi connectivity index (χ0v) is 18.0. The van der Waals surface area contributed by atoms with Gasteiger partial charge in [-0.2, -0.15) is 0 Å². The van der Waals surface area contributed by atoms with Crippen molar-refractivity contribution in [3.05, 3.63) is 47.6 Å². The first-order valence-corrected chi connectivity index (χ1v) is 9.86. The number of hydrogen-bond donors (Lipinski definition) is 1. The number of nitrogens with zero attached hydrogens (tertiary/aromatic N) is 4. The van der Waals surface area contributed by atoms with E-state index in [4.69, 9.17) is 21.6 Å². The molecule has 0 atom stereocenters. The average molecular weight is 396 g/mol. The van der Waals surface area contributed by atoms with E-state index in [0.717, 1.165) is 34.4 Å². The summed E-state index contributed by atoms with van der Waals surface area (Å²) < 4.78 is 2.06. The van der Waals surface area contributed by atoms with Crippen LogP contribution in [0.3, 0.4) is 0 Å². The summed E-state index contributed by atoms with van der Waals surface area (Å²) in [5, 5.41) is 4.24. The molecule has 28 heavy (non-hydrogen) atoms. The van der Waals surface area contributed by atoms with Gasteiger partial charge in [-0.25, -0.2) is 9.98 Å². The quantitative estimate of drug-likeness (QED) is 0.520. The minimum Gasteiger partial charge on any atom is -0.325 e. The number of nitrogens with one attached hydrogen (secondary N) is 1. The van der Waals surface area contributed by atoms with Gasteiger partial charge in [0.25, 0.3) is 0 Å². The first kappa shape index (κ1) is 18.8. The summed E-state index contributed by atoms with van der Waals surface area (Å²) >= 11 is 6.35. The molecule has 0 spiro atoms. The molecule has 146 valence electrons. The number of benzene rings is 1. The lowest BCUT2D eigenvalue weighted by atomic mass is 10.1. The van der Waals surface area contributed by atoms with E-state index in [-0.39, 0.29) is 11.1 Å². The number of anilines is 2. The van der Waals surface area contributed by atoms with Crippen molar-refractivity contribution in [2.75, 3.05) is 10.2 Å². The topological polar surface area (TPSA) is 44.9 Å². The van der Waals surface area contributed by atoms with Crippen LogP contribution in [0.25, 0.3) is 16.9 Å². The van der Waals surface area contributed by atoms with Gasteiger partial charge in [0.05, 0.1) is 16.2 Å². The third-order valence-corrected chi connectivity index (χ3v) is 4.75. The van der Waals surface area contributed by atoms with Crippen LogP contribution in [0.15, 0.2) is 47.6 Å². The zero-order chi connectivity index (χ0) is 20.3. The van der Waals surface area contributed by atoms with Gasteiger partial charge in [-0.05, 0) is 59.7 Å². The Balaban J connectivity index is 2.14. The van der Waals surface area contributed by atoms with Crippen LogP contribution < -0.4 is 10.2 Å². The van der Waals surface area contributed by atoms with Crippen LogP contribution >= 0.6 is 11.6 Å². The van der Waals surface area contributed by atoms with E-state index in [0.29, 0.717) is 5.02 Å². The SMILES string of the molecule is CC(C)(C)N=C1Nc2ccccc2-c2nc3ccc(Cl)cn3c2N1C(C)(C)C. The Kier molecular flexibility index (Phi) is 4.19. The zero-order valence-electron chi connectivity index (χ0n) is 17.2. The van der Waals surface area contributed by atoms with Gasteiger partial charge < -0.3 is 5.32 Å². The van der Waals surface area contributed by atoms with Crippen molar-refractivity contribution in [1.29, 1.82) is 0 Å². The average Bonchev–Trinajstić information content (AvgIpc) is 2.84. The molecule has 1 N–H and O–H groups in total. The summed E-state index contributed by atoms with van der Waals surface area (Å²) in [7, 11) is 0. The molecule has 6 heteroatoms. The highest BCUT2D eigenvalue weighted by Gasteiger charge is 2.36. The second-order valence-electron chi connectivity index (χ2n) is 9.14. The molecule has 1 aliphatic heterocycles. The number of aromatic nitrogens is 2. The number of pyridine rings is 1. The largest absolute Gasteiger partial charge is 0.325 e. The van der Waals surface area contributed by atoms with E-state index in [1.54, 1.807) is 0 Å². The molecule has 3 heterocycles. The number of fused-ring (bicyclic) bond motifs is 5. The fourth-order valence-corrected chi connectivity index (χ4v) is 3.67. The second kappa shape index (κ2) is 6.24. The van der Waals surface area contributed by atoms with Gasteiger partial charge in [0.15, 0.2) is 0 Å². The monoisotopic (exact) mass is 395 g/mol. The third kappa shape index (κ3) is 3.24. The molecule has 0 saturated carbocycles. The molecule has 0 bridgehead atoms. The highest BCUT2D eigenvalue weighted by atomic mass is 35.5.